The van der Waals surface area contributed by atoms with Gasteiger partial charge in [-0.15, -0.1) is 0 Å². The van der Waals surface area contributed by atoms with E-state index in [-0.39, 0.29) is 11.2 Å². The number of halogens is 1. The van der Waals surface area contributed by atoms with E-state index in [4.69, 9.17) is 0 Å². The van der Waals surface area contributed by atoms with E-state index in [1.807, 2.05) is 0 Å². The van der Waals surface area contributed by atoms with Crippen molar-refractivity contribution in [3.63, 3.8) is 0 Å². The molecule has 0 radical (unpaired) electrons. The molecule has 2 rings (SSSR count). The molecule has 4 nitrogen and oxygen atoms in total. The summed E-state index contributed by atoms with van der Waals surface area (Å²) in [6.45, 7) is 9.46. The Morgan fingerprint density at radius 1 is 1.22 bits per heavy atom. The lowest BCUT2D eigenvalue weighted by molar-refractivity contribution is 0.112. The van der Waals surface area contributed by atoms with Gasteiger partial charge < -0.3 is 4.90 Å². The third-order valence-electron chi connectivity index (χ3n) is 3.54. The minimum absolute atomic E-state index is 0.202. The molecule has 1 aliphatic heterocycles. The van der Waals surface area contributed by atoms with Gasteiger partial charge in [0, 0.05) is 25.7 Å². The van der Waals surface area contributed by atoms with Gasteiger partial charge in [0.05, 0.1) is 12.4 Å². The molecule has 0 spiro atoms. The highest BCUT2D eigenvalue weighted by Crippen LogP contribution is 2.27. The third kappa shape index (κ3) is 2.77. The lowest BCUT2D eigenvalue weighted by atomic mass is 9.84. The van der Waals surface area contributed by atoms with Crippen LogP contribution in [0, 0.1) is 11.2 Å². The normalized spacial score (nSPS) is 22.3. The molecule has 0 aromatic carbocycles. The average Bonchev–Trinajstić information content (AvgIpc) is 2.29. The van der Waals surface area contributed by atoms with Crippen LogP contribution in [0.25, 0.3) is 0 Å². The molecule has 0 saturated carbocycles. The summed E-state index contributed by atoms with van der Waals surface area (Å²) < 4.78 is 12.8. The highest BCUT2D eigenvalue weighted by molar-refractivity contribution is 5.30. The minimum Gasteiger partial charge on any atom is -0.338 e. The number of aromatic nitrogens is 2. The Kier molecular flexibility index (Phi) is 3.52. The zero-order valence-electron chi connectivity index (χ0n) is 11.5. The first kappa shape index (κ1) is 13.2. The summed E-state index contributed by atoms with van der Waals surface area (Å²) in [5, 5.41) is 0. The molecule has 1 aromatic rings. The van der Waals surface area contributed by atoms with Crippen LogP contribution in [0.3, 0.4) is 0 Å². The number of anilines is 1. The molecule has 100 valence electrons. The Labute approximate surface area is 108 Å². The van der Waals surface area contributed by atoms with Crippen molar-refractivity contribution in [3.05, 3.63) is 18.2 Å². The van der Waals surface area contributed by atoms with Crippen molar-refractivity contribution in [2.75, 3.05) is 31.6 Å². The van der Waals surface area contributed by atoms with Gasteiger partial charge in [-0.3, -0.25) is 4.90 Å². The second kappa shape index (κ2) is 4.80. The zero-order chi connectivity index (χ0) is 13.3. The van der Waals surface area contributed by atoms with E-state index in [2.05, 4.69) is 47.6 Å². The Bertz CT molecular complexity index is 398. The van der Waals surface area contributed by atoms with Gasteiger partial charge in [-0.25, -0.2) is 14.4 Å². The number of hydrogen-bond donors (Lipinski definition) is 0. The molecule has 1 fully saturated rings. The van der Waals surface area contributed by atoms with Crippen LogP contribution in [0.1, 0.15) is 20.8 Å². The van der Waals surface area contributed by atoms with Crippen LogP contribution in [0.2, 0.25) is 0 Å². The predicted octanol–water partition coefficient (Wildman–Crippen LogP) is 1.78. The van der Waals surface area contributed by atoms with E-state index < -0.39 is 0 Å². The smallest absolute Gasteiger partial charge is 0.225 e. The first-order valence-corrected chi connectivity index (χ1v) is 6.30. The molecule has 2 heterocycles. The van der Waals surface area contributed by atoms with Crippen molar-refractivity contribution in [1.82, 2.24) is 14.9 Å². The fraction of sp³-hybridized carbons (Fsp3) is 0.692. The van der Waals surface area contributed by atoms with Gasteiger partial charge >= 0.3 is 0 Å². The molecular formula is C13H21FN4. The average molecular weight is 252 g/mol. The van der Waals surface area contributed by atoms with E-state index in [0.717, 1.165) is 19.6 Å². The third-order valence-corrected chi connectivity index (χ3v) is 3.54. The number of rotatable bonds is 1. The molecule has 1 atom stereocenters. The van der Waals surface area contributed by atoms with E-state index >= 15 is 0 Å². The summed E-state index contributed by atoms with van der Waals surface area (Å²) in [6.07, 6.45) is 2.46. The first-order valence-electron chi connectivity index (χ1n) is 6.30. The highest BCUT2D eigenvalue weighted by atomic mass is 19.1. The summed E-state index contributed by atoms with van der Waals surface area (Å²) in [5.41, 5.74) is 0.202. The standard InChI is InChI=1S/C13H21FN4/c1-13(2,3)11-9-18(6-5-17(11)4)12-15-7-10(14)8-16-12/h7-8,11H,5-6,9H2,1-4H3. The van der Waals surface area contributed by atoms with Gasteiger partial charge in [-0.1, -0.05) is 20.8 Å². The molecule has 0 bridgehead atoms. The lowest BCUT2D eigenvalue weighted by Gasteiger charge is -2.45. The summed E-state index contributed by atoms with van der Waals surface area (Å²) in [7, 11) is 2.15. The van der Waals surface area contributed by atoms with Crippen LogP contribution in [0.15, 0.2) is 12.4 Å². The summed E-state index contributed by atoms with van der Waals surface area (Å²) in [5.74, 6) is 0.235. The number of piperazine rings is 1. The van der Waals surface area contributed by atoms with Gasteiger partial charge in [-0.05, 0) is 12.5 Å². The monoisotopic (exact) mass is 252 g/mol. The van der Waals surface area contributed by atoms with Gasteiger partial charge in [0.2, 0.25) is 5.95 Å². The van der Waals surface area contributed by atoms with Crippen molar-refractivity contribution in [2.24, 2.45) is 5.41 Å². The van der Waals surface area contributed by atoms with E-state index in [9.17, 15) is 4.39 Å². The maximum absolute atomic E-state index is 12.8. The molecule has 0 aliphatic carbocycles. The molecule has 5 heteroatoms. The Morgan fingerprint density at radius 2 is 1.83 bits per heavy atom. The quantitative estimate of drug-likeness (QED) is 0.762. The first-order chi connectivity index (χ1) is 8.38. The molecule has 18 heavy (non-hydrogen) atoms. The van der Waals surface area contributed by atoms with Crippen LogP contribution >= 0.6 is 0 Å². The fourth-order valence-corrected chi connectivity index (χ4v) is 2.46. The van der Waals surface area contributed by atoms with E-state index in [1.54, 1.807) is 0 Å². The van der Waals surface area contributed by atoms with Gasteiger partial charge in [0.15, 0.2) is 5.82 Å². The van der Waals surface area contributed by atoms with Gasteiger partial charge in [-0.2, -0.15) is 0 Å². The second-order valence-corrected chi connectivity index (χ2v) is 6.01. The Morgan fingerprint density at radius 3 is 2.39 bits per heavy atom. The van der Waals surface area contributed by atoms with Crippen LogP contribution in [0.5, 0.6) is 0 Å². The van der Waals surface area contributed by atoms with Crippen LogP contribution in [0.4, 0.5) is 10.3 Å². The number of nitrogens with zero attached hydrogens (tertiary/aromatic N) is 4. The molecule has 0 N–H and O–H groups in total. The number of hydrogen-bond acceptors (Lipinski definition) is 4. The highest BCUT2D eigenvalue weighted by Gasteiger charge is 2.34. The summed E-state index contributed by atoms with van der Waals surface area (Å²) in [4.78, 5) is 12.6. The van der Waals surface area contributed by atoms with Crippen LogP contribution in [-0.2, 0) is 0 Å². The Hall–Kier alpha value is -1.23. The van der Waals surface area contributed by atoms with Crippen molar-refractivity contribution < 1.29 is 4.39 Å². The van der Waals surface area contributed by atoms with Gasteiger partial charge in [0.25, 0.3) is 0 Å². The zero-order valence-corrected chi connectivity index (χ0v) is 11.5. The van der Waals surface area contributed by atoms with Gasteiger partial charge in [0.1, 0.15) is 0 Å². The van der Waals surface area contributed by atoms with Crippen molar-refractivity contribution >= 4 is 5.95 Å². The van der Waals surface area contributed by atoms with Crippen LogP contribution in [-0.4, -0.2) is 47.6 Å². The molecular weight excluding hydrogens is 231 g/mol. The predicted molar refractivity (Wildman–Crippen MR) is 70.1 cm³/mol. The molecule has 1 unspecified atom stereocenters. The maximum atomic E-state index is 12.8. The molecule has 1 saturated heterocycles. The Balaban J connectivity index is 2.14. The molecule has 1 aromatic heterocycles. The largest absolute Gasteiger partial charge is 0.338 e. The van der Waals surface area contributed by atoms with E-state index in [1.165, 1.54) is 12.4 Å². The summed E-state index contributed by atoms with van der Waals surface area (Å²) >= 11 is 0. The van der Waals surface area contributed by atoms with Crippen molar-refractivity contribution in [1.29, 1.82) is 0 Å². The number of likely N-dealkylation sites (N-methyl/N-ethyl adjacent to an activating group) is 1. The topological polar surface area (TPSA) is 32.3 Å². The minimum atomic E-state index is -0.389. The lowest BCUT2D eigenvalue weighted by Crippen LogP contribution is -2.56. The van der Waals surface area contributed by atoms with Crippen LogP contribution < -0.4 is 4.90 Å². The maximum Gasteiger partial charge on any atom is 0.225 e. The van der Waals surface area contributed by atoms with Crippen molar-refractivity contribution in [3.8, 4) is 0 Å². The molecule has 0 amide bonds. The van der Waals surface area contributed by atoms with E-state index in [0.29, 0.717) is 12.0 Å². The fourth-order valence-electron chi connectivity index (χ4n) is 2.46. The SMILES string of the molecule is CN1CCN(c2ncc(F)cn2)CC1C(C)(C)C. The second-order valence-electron chi connectivity index (χ2n) is 6.01. The van der Waals surface area contributed by atoms with Crippen molar-refractivity contribution in [2.45, 2.75) is 26.8 Å². The summed E-state index contributed by atoms with van der Waals surface area (Å²) in [6, 6.07) is 0.444. The molecule has 1 aliphatic rings.